The molecule has 2 saturated heterocycles. The second-order valence-electron chi connectivity index (χ2n) is 6.41. The minimum Gasteiger partial charge on any atom is -0.481 e. The summed E-state index contributed by atoms with van der Waals surface area (Å²) in [5, 5.41) is 4.50. The zero-order chi connectivity index (χ0) is 15.7. The fourth-order valence-electron chi connectivity index (χ4n) is 3.93. The number of hydrogen-bond acceptors (Lipinski definition) is 5. The molecular weight excluding hydrogens is 280 g/mol. The molecule has 2 aliphatic heterocycles. The molecule has 0 N–H and O–H groups in total. The predicted molar refractivity (Wildman–Crippen MR) is 85.2 cm³/mol. The number of hydrogen-bond donors (Lipinski definition) is 0. The van der Waals surface area contributed by atoms with Gasteiger partial charge >= 0.3 is 0 Å². The molecule has 6 nitrogen and oxygen atoms in total. The zero-order valence-electron chi connectivity index (χ0n) is 14.2. The maximum atomic E-state index is 5.53. The highest BCUT2D eigenvalue weighted by Crippen LogP contribution is 2.29. The van der Waals surface area contributed by atoms with Gasteiger partial charge in [0.2, 0.25) is 5.88 Å². The van der Waals surface area contributed by atoms with E-state index in [4.69, 9.17) is 9.47 Å². The van der Waals surface area contributed by atoms with Gasteiger partial charge in [0.15, 0.2) is 0 Å². The molecule has 3 heterocycles. The van der Waals surface area contributed by atoms with Gasteiger partial charge in [-0.15, -0.1) is 0 Å². The minimum atomic E-state index is 0.558. The highest BCUT2D eigenvalue weighted by atomic mass is 16.5. The molecule has 2 fully saturated rings. The highest BCUT2D eigenvalue weighted by molar-refractivity contribution is 5.31. The van der Waals surface area contributed by atoms with Crippen molar-refractivity contribution in [3.63, 3.8) is 0 Å². The molecule has 0 bridgehead atoms. The first-order valence-electron chi connectivity index (χ1n) is 8.24. The van der Waals surface area contributed by atoms with Crippen molar-refractivity contribution in [1.29, 1.82) is 0 Å². The first kappa shape index (κ1) is 15.8. The highest BCUT2D eigenvalue weighted by Gasteiger charge is 2.36. The van der Waals surface area contributed by atoms with E-state index in [0.717, 1.165) is 51.0 Å². The Bertz CT molecular complexity index is 510. The van der Waals surface area contributed by atoms with Crippen molar-refractivity contribution in [3.8, 4) is 5.88 Å². The molecule has 1 aromatic rings. The van der Waals surface area contributed by atoms with Gasteiger partial charge in [-0.3, -0.25) is 9.80 Å². The van der Waals surface area contributed by atoms with Crippen LogP contribution in [0.15, 0.2) is 0 Å². The number of morpholine rings is 1. The second kappa shape index (κ2) is 6.56. The topological polar surface area (TPSA) is 42.8 Å². The Morgan fingerprint density at radius 3 is 2.68 bits per heavy atom. The Kier molecular flexibility index (Phi) is 4.70. The van der Waals surface area contributed by atoms with Gasteiger partial charge in [0, 0.05) is 45.3 Å². The molecule has 6 heteroatoms. The van der Waals surface area contributed by atoms with E-state index in [0.29, 0.717) is 12.1 Å². The van der Waals surface area contributed by atoms with Crippen LogP contribution in [0.3, 0.4) is 0 Å². The number of methoxy groups -OCH3 is 1. The van der Waals surface area contributed by atoms with E-state index in [1.54, 1.807) is 7.11 Å². The van der Waals surface area contributed by atoms with Gasteiger partial charge in [-0.1, -0.05) is 0 Å². The van der Waals surface area contributed by atoms with Crippen LogP contribution in [0.4, 0.5) is 0 Å². The smallest absolute Gasteiger partial charge is 0.216 e. The van der Waals surface area contributed by atoms with Crippen LogP contribution in [0, 0.1) is 6.92 Å². The lowest BCUT2D eigenvalue weighted by Crippen LogP contribution is -2.48. The summed E-state index contributed by atoms with van der Waals surface area (Å²) in [7, 11) is 3.67. The zero-order valence-corrected chi connectivity index (χ0v) is 14.2. The van der Waals surface area contributed by atoms with Gasteiger partial charge in [0.05, 0.1) is 31.6 Å². The molecule has 2 atom stereocenters. The van der Waals surface area contributed by atoms with Crippen LogP contribution in [-0.2, 0) is 18.3 Å². The molecular formula is C16H28N4O2. The van der Waals surface area contributed by atoms with Crippen molar-refractivity contribution in [1.82, 2.24) is 19.6 Å². The number of likely N-dealkylation sites (tertiary alicyclic amines) is 1. The Hall–Kier alpha value is -1.11. The summed E-state index contributed by atoms with van der Waals surface area (Å²) < 4.78 is 12.9. The van der Waals surface area contributed by atoms with Gasteiger partial charge in [-0.25, -0.2) is 4.68 Å². The van der Waals surface area contributed by atoms with E-state index in [1.165, 1.54) is 12.0 Å². The van der Waals surface area contributed by atoms with Gasteiger partial charge < -0.3 is 9.47 Å². The first-order valence-corrected chi connectivity index (χ1v) is 8.24. The van der Waals surface area contributed by atoms with Crippen LogP contribution in [0.2, 0.25) is 0 Å². The van der Waals surface area contributed by atoms with Gasteiger partial charge in [0.1, 0.15) is 0 Å². The maximum Gasteiger partial charge on any atom is 0.216 e. The third-order valence-electron chi connectivity index (χ3n) is 5.20. The maximum absolute atomic E-state index is 5.53. The van der Waals surface area contributed by atoms with Crippen molar-refractivity contribution < 1.29 is 9.47 Å². The van der Waals surface area contributed by atoms with Crippen molar-refractivity contribution in [2.75, 3.05) is 40.0 Å². The lowest BCUT2D eigenvalue weighted by Gasteiger charge is -2.35. The van der Waals surface area contributed by atoms with Crippen molar-refractivity contribution in [2.45, 2.75) is 38.9 Å². The van der Waals surface area contributed by atoms with Crippen LogP contribution < -0.4 is 4.74 Å². The number of rotatable bonds is 4. The van der Waals surface area contributed by atoms with Gasteiger partial charge in [-0.2, -0.15) is 5.10 Å². The van der Waals surface area contributed by atoms with Gasteiger partial charge in [-0.05, 0) is 20.3 Å². The first-order chi connectivity index (χ1) is 10.6. The van der Waals surface area contributed by atoms with Crippen LogP contribution in [0.5, 0.6) is 5.88 Å². The monoisotopic (exact) mass is 308 g/mol. The fourth-order valence-corrected chi connectivity index (χ4v) is 3.93. The average Bonchev–Trinajstić information content (AvgIpc) is 3.01. The van der Waals surface area contributed by atoms with E-state index in [1.807, 2.05) is 11.7 Å². The molecule has 0 unspecified atom stereocenters. The summed E-state index contributed by atoms with van der Waals surface area (Å²) in [5.41, 5.74) is 2.29. The van der Waals surface area contributed by atoms with E-state index >= 15 is 0 Å². The molecule has 2 aliphatic rings. The summed E-state index contributed by atoms with van der Waals surface area (Å²) in [6, 6.07) is 1.20. The fraction of sp³-hybridized carbons (Fsp3) is 0.812. The van der Waals surface area contributed by atoms with Crippen LogP contribution in [0.1, 0.15) is 24.6 Å². The quantitative estimate of drug-likeness (QED) is 0.831. The van der Waals surface area contributed by atoms with E-state index < -0.39 is 0 Å². The Balaban J connectivity index is 1.69. The molecule has 0 saturated carbocycles. The summed E-state index contributed by atoms with van der Waals surface area (Å²) in [6.07, 6.45) is 1.24. The van der Waals surface area contributed by atoms with Crippen molar-refractivity contribution in [2.24, 2.45) is 7.05 Å². The second-order valence-corrected chi connectivity index (χ2v) is 6.41. The Morgan fingerprint density at radius 1 is 1.27 bits per heavy atom. The summed E-state index contributed by atoms with van der Waals surface area (Å²) in [6.45, 7) is 10.4. The third-order valence-corrected chi connectivity index (χ3v) is 5.20. The minimum absolute atomic E-state index is 0.558. The standard InChI is InChI=1S/C16H28N4O2/c1-12-14(16(21-4)18(3)17-12)11-20-6-5-15(13(20)2)19-7-9-22-10-8-19/h13,15H,5-11H2,1-4H3/t13-,15-/m1/s1. The number of aromatic nitrogens is 2. The summed E-state index contributed by atoms with van der Waals surface area (Å²) in [5.74, 6) is 0.888. The third kappa shape index (κ3) is 2.87. The largest absolute Gasteiger partial charge is 0.481 e. The van der Waals surface area contributed by atoms with E-state index in [-0.39, 0.29) is 0 Å². The van der Waals surface area contributed by atoms with Crippen LogP contribution in [0.25, 0.3) is 0 Å². The predicted octanol–water partition coefficient (Wildman–Crippen LogP) is 1.03. The molecule has 22 heavy (non-hydrogen) atoms. The van der Waals surface area contributed by atoms with Crippen molar-refractivity contribution >= 4 is 0 Å². The normalized spacial score (nSPS) is 27.5. The average molecular weight is 308 g/mol. The van der Waals surface area contributed by atoms with Crippen molar-refractivity contribution in [3.05, 3.63) is 11.3 Å². The molecule has 0 radical (unpaired) electrons. The molecule has 0 spiro atoms. The molecule has 0 amide bonds. The Morgan fingerprint density at radius 2 is 2.00 bits per heavy atom. The Labute approximate surface area is 133 Å². The number of aryl methyl sites for hydroxylation is 2. The lowest BCUT2D eigenvalue weighted by molar-refractivity contribution is 0.00980. The SMILES string of the molecule is COc1c(CN2CC[C@@H](N3CCOCC3)[C@H]2C)c(C)nn1C. The van der Waals surface area contributed by atoms with E-state index in [2.05, 4.69) is 28.7 Å². The number of ether oxygens (including phenoxy) is 2. The summed E-state index contributed by atoms with van der Waals surface area (Å²) in [4.78, 5) is 5.16. The number of nitrogens with zero attached hydrogens (tertiary/aromatic N) is 4. The molecule has 3 rings (SSSR count). The van der Waals surface area contributed by atoms with E-state index in [9.17, 15) is 0 Å². The summed E-state index contributed by atoms with van der Waals surface area (Å²) >= 11 is 0. The van der Waals surface area contributed by atoms with Crippen LogP contribution >= 0.6 is 0 Å². The van der Waals surface area contributed by atoms with Gasteiger partial charge in [0.25, 0.3) is 0 Å². The molecule has 1 aromatic heterocycles. The molecule has 0 aromatic carbocycles. The molecule has 124 valence electrons. The lowest BCUT2D eigenvalue weighted by atomic mass is 10.1. The van der Waals surface area contributed by atoms with Crippen LogP contribution in [-0.4, -0.2) is 71.6 Å². The molecule has 0 aliphatic carbocycles.